The van der Waals surface area contributed by atoms with Gasteiger partial charge in [-0.05, 0) is 24.3 Å². The Hall–Kier alpha value is -2.96. The Labute approximate surface area is 128 Å². The van der Waals surface area contributed by atoms with Crippen LogP contribution in [0.15, 0.2) is 36.7 Å². The molecule has 2 amide bonds. The Morgan fingerprint density at radius 3 is 2.09 bits per heavy atom. The van der Waals surface area contributed by atoms with Gasteiger partial charge in [0.15, 0.2) is 11.5 Å². The summed E-state index contributed by atoms with van der Waals surface area (Å²) in [5.41, 5.74) is 6.90. The normalized spacial score (nSPS) is 10.3. The molecule has 0 radical (unpaired) electrons. The van der Waals surface area contributed by atoms with Crippen LogP contribution in [0.4, 0.5) is 17.2 Å². The number of rotatable bonds is 4. The second kappa shape index (κ2) is 6.66. The number of hydrogen-bond donors (Lipinski definition) is 3. The van der Waals surface area contributed by atoms with Gasteiger partial charge in [-0.1, -0.05) is 13.8 Å². The minimum Gasteiger partial charge on any atom is -0.382 e. The highest BCUT2D eigenvalue weighted by Gasteiger charge is 2.12. The first-order valence-electron chi connectivity index (χ1n) is 6.76. The molecule has 2 rings (SSSR count). The van der Waals surface area contributed by atoms with Gasteiger partial charge in [0.05, 0.1) is 0 Å². The summed E-state index contributed by atoms with van der Waals surface area (Å²) in [5.74, 6) is -0.534. The minimum absolute atomic E-state index is 0.0656. The molecular weight excluding hydrogens is 282 g/mol. The van der Waals surface area contributed by atoms with E-state index in [9.17, 15) is 9.59 Å². The number of aromatic nitrogens is 2. The predicted molar refractivity (Wildman–Crippen MR) is 84.3 cm³/mol. The average molecular weight is 299 g/mol. The van der Waals surface area contributed by atoms with Crippen LogP contribution in [0.1, 0.15) is 24.3 Å². The Bertz CT molecular complexity index is 683. The molecular formula is C15H17N5O2. The van der Waals surface area contributed by atoms with Crippen LogP contribution in [-0.2, 0) is 4.79 Å². The summed E-state index contributed by atoms with van der Waals surface area (Å²) >= 11 is 0. The van der Waals surface area contributed by atoms with Crippen molar-refractivity contribution in [2.75, 3.05) is 16.4 Å². The van der Waals surface area contributed by atoms with Crippen LogP contribution in [0.2, 0.25) is 0 Å². The van der Waals surface area contributed by atoms with Crippen LogP contribution < -0.4 is 16.4 Å². The fraction of sp³-hybridized carbons (Fsp3) is 0.200. The Balaban J connectivity index is 2.04. The van der Waals surface area contributed by atoms with E-state index < -0.39 is 5.91 Å². The molecule has 1 aromatic carbocycles. The summed E-state index contributed by atoms with van der Waals surface area (Å²) in [5, 5.41) is 5.44. The highest BCUT2D eigenvalue weighted by atomic mass is 16.2. The maximum atomic E-state index is 12.0. The number of amides is 2. The smallest absolute Gasteiger partial charge is 0.278 e. The van der Waals surface area contributed by atoms with Gasteiger partial charge in [-0.3, -0.25) is 9.59 Å². The first-order chi connectivity index (χ1) is 10.5. The van der Waals surface area contributed by atoms with Crippen molar-refractivity contribution >= 4 is 29.0 Å². The zero-order valence-corrected chi connectivity index (χ0v) is 12.3. The number of anilines is 3. The van der Waals surface area contributed by atoms with Crippen LogP contribution in [-0.4, -0.2) is 21.8 Å². The van der Waals surface area contributed by atoms with Crippen molar-refractivity contribution in [1.82, 2.24) is 9.97 Å². The van der Waals surface area contributed by atoms with Gasteiger partial charge < -0.3 is 16.4 Å². The molecule has 0 fully saturated rings. The van der Waals surface area contributed by atoms with Crippen molar-refractivity contribution in [1.29, 1.82) is 0 Å². The van der Waals surface area contributed by atoms with E-state index in [1.54, 1.807) is 24.3 Å². The number of hydrogen-bond acceptors (Lipinski definition) is 5. The third-order valence-corrected chi connectivity index (χ3v) is 2.88. The van der Waals surface area contributed by atoms with Crippen molar-refractivity contribution in [3.63, 3.8) is 0 Å². The van der Waals surface area contributed by atoms with Crippen molar-refractivity contribution < 1.29 is 9.59 Å². The molecule has 2 aromatic rings. The first kappa shape index (κ1) is 15.4. The molecule has 0 aliphatic carbocycles. The number of nitrogens with one attached hydrogen (secondary N) is 2. The molecule has 22 heavy (non-hydrogen) atoms. The molecule has 0 atom stereocenters. The molecule has 0 unspecified atom stereocenters. The highest BCUT2D eigenvalue weighted by Crippen LogP contribution is 2.15. The van der Waals surface area contributed by atoms with Crippen molar-refractivity contribution in [2.24, 2.45) is 5.92 Å². The van der Waals surface area contributed by atoms with Gasteiger partial charge in [0.2, 0.25) is 5.91 Å². The van der Waals surface area contributed by atoms with Gasteiger partial charge in [0, 0.05) is 29.7 Å². The van der Waals surface area contributed by atoms with Gasteiger partial charge in [-0.15, -0.1) is 0 Å². The maximum absolute atomic E-state index is 12.0. The number of benzene rings is 1. The van der Waals surface area contributed by atoms with Crippen LogP contribution in [0.3, 0.4) is 0 Å². The highest BCUT2D eigenvalue weighted by molar-refractivity contribution is 6.05. The van der Waals surface area contributed by atoms with Crippen molar-refractivity contribution in [3.8, 4) is 0 Å². The fourth-order valence-electron chi connectivity index (χ4n) is 1.64. The molecule has 7 heteroatoms. The number of nitrogens with two attached hydrogens (primary N) is 1. The molecule has 4 N–H and O–H groups in total. The molecule has 1 heterocycles. The lowest BCUT2D eigenvalue weighted by atomic mass is 10.2. The van der Waals surface area contributed by atoms with Gasteiger partial charge >= 0.3 is 0 Å². The van der Waals surface area contributed by atoms with Crippen molar-refractivity contribution in [2.45, 2.75) is 13.8 Å². The number of carbonyl (C=O) groups excluding carboxylic acids is 2. The number of nitrogen functional groups attached to an aromatic ring is 1. The van der Waals surface area contributed by atoms with Gasteiger partial charge in [0.25, 0.3) is 5.91 Å². The molecule has 0 saturated carbocycles. The van der Waals surface area contributed by atoms with Crippen LogP contribution in [0, 0.1) is 5.92 Å². The molecule has 0 bridgehead atoms. The third-order valence-electron chi connectivity index (χ3n) is 2.88. The van der Waals surface area contributed by atoms with E-state index in [4.69, 9.17) is 5.73 Å². The Morgan fingerprint density at radius 1 is 1.00 bits per heavy atom. The summed E-state index contributed by atoms with van der Waals surface area (Å²) < 4.78 is 0. The lowest BCUT2D eigenvalue weighted by molar-refractivity contribution is -0.118. The van der Waals surface area contributed by atoms with E-state index in [0.717, 1.165) is 0 Å². The first-order valence-corrected chi connectivity index (χ1v) is 6.76. The molecule has 0 aliphatic heterocycles. The van der Waals surface area contributed by atoms with Crippen LogP contribution in [0.25, 0.3) is 0 Å². The summed E-state index contributed by atoms with van der Waals surface area (Å²) in [6, 6.07) is 6.77. The number of carbonyl (C=O) groups is 2. The summed E-state index contributed by atoms with van der Waals surface area (Å²) in [6.07, 6.45) is 2.81. The molecule has 0 spiro atoms. The number of nitrogens with zero attached hydrogens (tertiary/aromatic N) is 2. The van der Waals surface area contributed by atoms with E-state index in [0.29, 0.717) is 11.4 Å². The lowest BCUT2D eigenvalue weighted by Gasteiger charge is -2.09. The SMILES string of the molecule is CC(C)C(=O)Nc1ccc(NC(=O)c2nccnc2N)cc1. The minimum atomic E-state index is -0.440. The Kier molecular flexibility index (Phi) is 4.67. The predicted octanol–water partition coefficient (Wildman–Crippen LogP) is 1.91. The summed E-state index contributed by atoms with van der Waals surface area (Å²) in [4.78, 5) is 31.3. The summed E-state index contributed by atoms with van der Waals surface area (Å²) in [6.45, 7) is 3.63. The summed E-state index contributed by atoms with van der Waals surface area (Å²) in [7, 11) is 0. The monoisotopic (exact) mass is 299 g/mol. The quantitative estimate of drug-likeness (QED) is 0.798. The largest absolute Gasteiger partial charge is 0.382 e. The fourth-order valence-corrected chi connectivity index (χ4v) is 1.64. The van der Waals surface area contributed by atoms with Crippen LogP contribution >= 0.6 is 0 Å². The van der Waals surface area contributed by atoms with Gasteiger partial charge in [-0.2, -0.15) is 0 Å². The van der Waals surface area contributed by atoms with E-state index in [1.807, 2.05) is 13.8 Å². The van der Waals surface area contributed by atoms with Crippen LogP contribution in [0.5, 0.6) is 0 Å². The zero-order chi connectivity index (χ0) is 16.1. The van der Waals surface area contributed by atoms with Crippen molar-refractivity contribution in [3.05, 3.63) is 42.4 Å². The molecule has 114 valence electrons. The van der Waals surface area contributed by atoms with Gasteiger partial charge in [-0.25, -0.2) is 9.97 Å². The third kappa shape index (κ3) is 3.78. The van der Waals surface area contributed by atoms with Gasteiger partial charge in [0.1, 0.15) is 0 Å². The van der Waals surface area contributed by atoms with E-state index in [1.165, 1.54) is 12.4 Å². The topological polar surface area (TPSA) is 110 Å². The standard InChI is InChI=1S/C15H17N5O2/c1-9(2)14(21)19-10-3-5-11(6-4-10)20-15(22)12-13(16)18-8-7-17-12/h3-9H,1-2H3,(H2,16,18)(H,19,21)(H,20,22). The zero-order valence-electron chi connectivity index (χ0n) is 12.3. The average Bonchev–Trinajstić information content (AvgIpc) is 2.49. The maximum Gasteiger partial charge on any atom is 0.278 e. The molecule has 1 aromatic heterocycles. The van der Waals surface area contributed by atoms with E-state index >= 15 is 0 Å². The molecule has 0 saturated heterocycles. The Morgan fingerprint density at radius 2 is 1.55 bits per heavy atom. The molecule has 0 aliphatic rings. The molecule has 7 nitrogen and oxygen atoms in total. The van der Waals surface area contributed by atoms with E-state index in [-0.39, 0.29) is 23.3 Å². The second-order valence-corrected chi connectivity index (χ2v) is 4.97. The second-order valence-electron chi connectivity index (χ2n) is 4.97. The lowest BCUT2D eigenvalue weighted by Crippen LogP contribution is -2.18. The van der Waals surface area contributed by atoms with E-state index in [2.05, 4.69) is 20.6 Å².